The van der Waals surface area contributed by atoms with Crippen LogP contribution in [0.15, 0.2) is 0 Å². The van der Waals surface area contributed by atoms with Crippen LogP contribution >= 0.6 is 0 Å². The zero-order valence-corrected chi connectivity index (χ0v) is 11.2. The van der Waals surface area contributed by atoms with Crippen molar-refractivity contribution in [1.82, 2.24) is 4.90 Å². The molecule has 0 N–H and O–H groups in total. The summed E-state index contributed by atoms with van der Waals surface area (Å²) >= 11 is 0. The van der Waals surface area contributed by atoms with E-state index in [0.717, 1.165) is 19.4 Å². The van der Waals surface area contributed by atoms with E-state index in [1.165, 1.54) is 6.42 Å². The summed E-state index contributed by atoms with van der Waals surface area (Å²) in [7, 11) is 0. The van der Waals surface area contributed by atoms with Gasteiger partial charge >= 0.3 is 0 Å². The fraction of sp³-hybridized carbons (Fsp3) is 0.800. The average molecular weight is 233 g/mol. The quantitative estimate of drug-likeness (QED) is 0.638. The Morgan fingerprint density at radius 3 is 2.65 bits per heavy atom. The van der Waals surface area contributed by atoms with Crippen molar-refractivity contribution in [3.63, 3.8) is 0 Å². The van der Waals surface area contributed by atoms with Gasteiger partial charge in [0, 0.05) is 24.9 Å². The fourth-order valence-corrected chi connectivity index (χ4v) is 3.73. The van der Waals surface area contributed by atoms with Crippen molar-refractivity contribution in [2.75, 3.05) is 6.54 Å². The molecule has 0 aromatic carbocycles. The van der Waals surface area contributed by atoms with Crippen molar-refractivity contribution in [3.8, 4) is 12.3 Å². The van der Waals surface area contributed by atoms with E-state index >= 15 is 0 Å². The Bertz CT molecular complexity index is 352. The van der Waals surface area contributed by atoms with Gasteiger partial charge in [0.2, 0.25) is 5.91 Å². The molecule has 1 saturated heterocycles. The molecule has 2 aliphatic rings. The molecule has 94 valence electrons. The molecule has 0 aromatic rings. The molecule has 3 unspecified atom stereocenters. The van der Waals surface area contributed by atoms with Crippen LogP contribution in [0.2, 0.25) is 0 Å². The Hall–Kier alpha value is -0.970. The molecule has 2 rings (SSSR count). The predicted octanol–water partition coefficient (Wildman–Crippen LogP) is 2.68. The van der Waals surface area contributed by atoms with Crippen molar-refractivity contribution in [2.45, 2.75) is 52.5 Å². The normalized spacial score (nSPS) is 36.9. The number of rotatable bonds is 1. The maximum Gasteiger partial charge on any atom is 0.224 e. The molecule has 1 aliphatic heterocycles. The summed E-state index contributed by atoms with van der Waals surface area (Å²) in [6.07, 6.45) is 9.54. The smallest absolute Gasteiger partial charge is 0.224 e. The third-order valence-corrected chi connectivity index (χ3v) is 4.20. The maximum absolute atomic E-state index is 12.0. The van der Waals surface area contributed by atoms with Crippen LogP contribution in [0.25, 0.3) is 0 Å². The SMILES string of the molecule is C#CC1CC(=O)N(C2CC(C)CC(C)(C)C2)C1. The molecule has 0 radical (unpaired) electrons. The van der Waals surface area contributed by atoms with Gasteiger partial charge in [-0.3, -0.25) is 4.79 Å². The summed E-state index contributed by atoms with van der Waals surface area (Å²) in [5.74, 6) is 3.85. The average Bonchev–Trinajstić information content (AvgIpc) is 2.56. The van der Waals surface area contributed by atoms with Crippen LogP contribution in [0.4, 0.5) is 0 Å². The number of hydrogen-bond acceptors (Lipinski definition) is 1. The molecule has 0 aromatic heterocycles. The van der Waals surface area contributed by atoms with E-state index in [4.69, 9.17) is 6.42 Å². The van der Waals surface area contributed by atoms with Gasteiger partial charge in [-0.15, -0.1) is 12.3 Å². The summed E-state index contributed by atoms with van der Waals surface area (Å²) in [6, 6.07) is 0.416. The third kappa shape index (κ3) is 2.65. The molecule has 0 bridgehead atoms. The number of carbonyl (C=O) groups excluding carboxylic acids is 1. The van der Waals surface area contributed by atoms with Crippen molar-refractivity contribution >= 4 is 5.91 Å². The lowest BCUT2D eigenvalue weighted by Crippen LogP contribution is -2.44. The van der Waals surface area contributed by atoms with Gasteiger partial charge < -0.3 is 4.90 Å². The van der Waals surface area contributed by atoms with Crippen molar-refractivity contribution < 1.29 is 4.79 Å². The van der Waals surface area contributed by atoms with Crippen molar-refractivity contribution in [1.29, 1.82) is 0 Å². The van der Waals surface area contributed by atoms with Crippen LogP contribution in [-0.4, -0.2) is 23.4 Å². The molecular formula is C15H23NO. The minimum atomic E-state index is 0.142. The van der Waals surface area contributed by atoms with Gasteiger partial charge in [-0.1, -0.05) is 20.8 Å². The summed E-state index contributed by atoms with van der Waals surface area (Å²) in [4.78, 5) is 14.0. The predicted molar refractivity (Wildman–Crippen MR) is 69.2 cm³/mol. The zero-order chi connectivity index (χ0) is 12.6. The van der Waals surface area contributed by atoms with Gasteiger partial charge in [0.15, 0.2) is 0 Å². The number of likely N-dealkylation sites (tertiary alicyclic amines) is 1. The van der Waals surface area contributed by atoms with Gasteiger partial charge in [-0.05, 0) is 30.6 Å². The topological polar surface area (TPSA) is 20.3 Å². The second kappa shape index (κ2) is 4.37. The molecule has 0 spiro atoms. The van der Waals surface area contributed by atoms with Gasteiger partial charge in [0.05, 0.1) is 0 Å². The fourth-order valence-electron chi connectivity index (χ4n) is 3.73. The van der Waals surface area contributed by atoms with Crippen molar-refractivity contribution in [2.24, 2.45) is 17.3 Å². The van der Waals surface area contributed by atoms with E-state index in [-0.39, 0.29) is 11.8 Å². The minimum Gasteiger partial charge on any atom is -0.338 e. The summed E-state index contributed by atoms with van der Waals surface area (Å²) in [5.41, 5.74) is 0.358. The molecule has 2 nitrogen and oxygen atoms in total. The highest BCUT2D eigenvalue weighted by Crippen LogP contribution is 2.41. The number of carbonyl (C=O) groups is 1. The highest BCUT2D eigenvalue weighted by atomic mass is 16.2. The standard InChI is InChI=1S/C15H23NO/c1-5-12-7-14(17)16(10-12)13-6-11(2)8-15(3,4)9-13/h1,11-13H,6-10H2,2-4H3. The van der Waals surface area contributed by atoms with Crippen LogP contribution in [0, 0.1) is 29.6 Å². The summed E-state index contributed by atoms with van der Waals surface area (Å²) in [5, 5.41) is 0. The molecular weight excluding hydrogens is 210 g/mol. The zero-order valence-electron chi connectivity index (χ0n) is 11.2. The number of terminal acetylenes is 1. The maximum atomic E-state index is 12.0. The molecule has 2 heteroatoms. The Labute approximate surface area is 105 Å². The van der Waals surface area contributed by atoms with Crippen LogP contribution < -0.4 is 0 Å². The van der Waals surface area contributed by atoms with Gasteiger partial charge in [0.1, 0.15) is 0 Å². The van der Waals surface area contributed by atoms with Gasteiger partial charge in [-0.25, -0.2) is 0 Å². The highest BCUT2D eigenvalue weighted by molar-refractivity contribution is 5.79. The van der Waals surface area contributed by atoms with Crippen LogP contribution in [-0.2, 0) is 4.79 Å². The second-order valence-electron chi connectivity index (χ2n) is 6.68. The molecule has 1 heterocycles. The monoisotopic (exact) mass is 233 g/mol. The van der Waals surface area contributed by atoms with Crippen LogP contribution in [0.5, 0.6) is 0 Å². The lowest BCUT2D eigenvalue weighted by atomic mass is 9.70. The van der Waals surface area contributed by atoms with E-state index < -0.39 is 0 Å². The second-order valence-corrected chi connectivity index (χ2v) is 6.68. The molecule has 1 amide bonds. The van der Waals surface area contributed by atoms with Gasteiger partial charge in [0.25, 0.3) is 0 Å². The first-order valence-corrected chi connectivity index (χ1v) is 6.67. The summed E-state index contributed by atoms with van der Waals surface area (Å²) < 4.78 is 0. The number of amides is 1. The van der Waals surface area contributed by atoms with E-state index in [1.807, 2.05) is 0 Å². The van der Waals surface area contributed by atoms with E-state index in [0.29, 0.717) is 23.8 Å². The van der Waals surface area contributed by atoms with Gasteiger partial charge in [-0.2, -0.15) is 0 Å². The Morgan fingerprint density at radius 2 is 2.12 bits per heavy atom. The first-order valence-electron chi connectivity index (χ1n) is 6.67. The molecule has 1 aliphatic carbocycles. The third-order valence-electron chi connectivity index (χ3n) is 4.20. The summed E-state index contributed by atoms with van der Waals surface area (Å²) in [6.45, 7) is 7.71. The lowest BCUT2D eigenvalue weighted by Gasteiger charge is -2.42. The lowest BCUT2D eigenvalue weighted by molar-refractivity contribution is -0.131. The molecule has 3 atom stereocenters. The first-order chi connectivity index (χ1) is 7.91. The van der Waals surface area contributed by atoms with Crippen molar-refractivity contribution in [3.05, 3.63) is 0 Å². The van der Waals surface area contributed by atoms with E-state index in [1.54, 1.807) is 0 Å². The van der Waals surface area contributed by atoms with Crippen LogP contribution in [0.3, 0.4) is 0 Å². The van der Waals surface area contributed by atoms with E-state index in [2.05, 4.69) is 31.6 Å². The Balaban J connectivity index is 2.08. The largest absolute Gasteiger partial charge is 0.338 e. The molecule has 1 saturated carbocycles. The Kier molecular flexibility index (Phi) is 3.21. The number of nitrogens with zero attached hydrogens (tertiary/aromatic N) is 1. The minimum absolute atomic E-state index is 0.142. The Morgan fingerprint density at radius 1 is 1.41 bits per heavy atom. The molecule has 17 heavy (non-hydrogen) atoms. The highest BCUT2D eigenvalue weighted by Gasteiger charge is 2.40. The molecule has 2 fully saturated rings. The number of hydrogen-bond donors (Lipinski definition) is 0. The van der Waals surface area contributed by atoms with Crippen LogP contribution in [0.1, 0.15) is 46.5 Å². The van der Waals surface area contributed by atoms with E-state index in [9.17, 15) is 4.79 Å². The first kappa shape index (κ1) is 12.5.